The minimum atomic E-state index is -3.98. The molecule has 0 saturated heterocycles. The fourth-order valence-corrected chi connectivity index (χ4v) is 3.93. The third-order valence-electron chi connectivity index (χ3n) is 4.02. The second kappa shape index (κ2) is 6.84. The Hall–Kier alpha value is -3.20. The third kappa shape index (κ3) is 3.41. The molecule has 0 bridgehead atoms. The summed E-state index contributed by atoms with van der Waals surface area (Å²) in [7, 11) is -3.98. The van der Waals surface area contributed by atoms with Gasteiger partial charge in [0.1, 0.15) is 0 Å². The maximum absolute atomic E-state index is 13.0. The number of esters is 1. The van der Waals surface area contributed by atoms with E-state index in [0.29, 0.717) is 0 Å². The van der Waals surface area contributed by atoms with E-state index in [1.807, 2.05) is 6.92 Å². The van der Waals surface area contributed by atoms with Crippen molar-refractivity contribution in [2.75, 3.05) is 0 Å². The van der Waals surface area contributed by atoms with Gasteiger partial charge >= 0.3 is 5.97 Å². The Morgan fingerprint density at radius 3 is 2.44 bits per heavy atom. The predicted octanol–water partition coefficient (Wildman–Crippen LogP) is 3.41. The fourth-order valence-electron chi connectivity index (χ4n) is 2.57. The van der Waals surface area contributed by atoms with Gasteiger partial charge in [0.15, 0.2) is 5.75 Å². The molecule has 1 aromatic heterocycles. The summed E-state index contributed by atoms with van der Waals surface area (Å²) in [5, 5.41) is 11.2. The molecule has 0 radical (unpaired) electrons. The lowest BCUT2D eigenvalue weighted by atomic mass is 10.2. The standard InChI is InChI=1S/C18H16N2O6S/c1-3-18(21)26-17-11-19(16-9-6-13(20(22)23)10-15(16)17)27(24,25)14-7-4-12(2)5-8-14/h4-11H,3H2,1-2H3. The van der Waals surface area contributed by atoms with Crippen molar-refractivity contribution in [1.82, 2.24) is 3.97 Å². The molecule has 8 nitrogen and oxygen atoms in total. The molecule has 0 aliphatic rings. The second-order valence-electron chi connectivity index (χ2n) is 5.89. The van der Waals surface area contributed by atoms with Crippen molar-refractivity contribution in [3.8, 4) is 5.75 Å². The van der Waals surface area contributed by atoms with Gasteiger partial charge in [-0.2, -0.15) is 0 Å². The number of aryl methyl sites for hydroxylation is 1. The fraction of sp³-hybridized carbons (Fsp3) is 0.167. The van der Waals surface area contributed by atoms with Crippen LogP contribution in [0.2, 0.25) is 0 Å². The highest BCUT2D eigenvalue weighted by Gasteiger charge is 2.24. The number of carbonyl (C=O) groups is 1. The second-order valence-corrected chi connectivity index (χ2v) is 7.71. The van der Waals surface area contributed by atoms with Crippen LogP contribution < -0.4 is 4.74 Å². The third-order valence-corrected chi connectivity index (χ3v) is 5.71. The first-order chi connectivity index (χ1) is 12.7. The summed E-state index contributed by atoms with van der Waals surface area (Å²) < 4.78 is 32.2. The van der Waals surface area contributed by atoms with Crippen LogP contribution >= 0.6 is 0 Å². The van der Waals surface area contributed by atoms with E-state index in [4.69, 9.17) is 4.74 Å². The maximum atomic E-state index is 13.0. The van der Waals surface area contributed by atoms with E-state index in [0.717, 1.165) is 15.7 Å². The zero-order valence-corrected chi connectivity index (χ0v) is 15.4. The maximum Gasteiger partial charge on any atom is 0.310 e. The van der Waals surface area contributed by atoms with Gasteiger partial charge in [0.05, 0.1) is 26.9 Å². The van der Waals surface area contributed by atoms with Gasteiger partial charge in [-0.1, -0.05) is 24.6 Å². The number of benzene rings is 2. The van der Waals surface area contributed by atoms with Crippen molar-refractivity contribution in [3.05, 3.63) is 64.3 Å². The van der Waals surface area contributed by atoms with E-state index >= 15 is 0 Å². The van der Waals surface area contributed by atoms with Crippen molar-refractivity contribution in [2.24, 2.45) is 0 Å². The largest absolute Gasteiger partial charge is 0.424 e. The summed E-state index contributed by atoms with van der Waals surface area (Å²) >= 11 is 0. The molecular weight excluding hydrogens is 372 g/mol. The molecule has 0 N–H and O–H groups in total. The molecule has 3 aromatic rings. The lowest BCUT2D eigenvalue weighted by molar-refractivity contribution is -0.384. The molecule has 140 valence electrons. The van der Waals surface area contributed by atoms with E-state index in [9.17, 15) is 23.3 Å². The molecule has 9 heteroatoms. The summed E-state index contributed by atoms with van der Waals surface area (Å²) in [5.74, 6) is -0.621. The molecule has 0 spiro atoms. The van der Waals surface area contributed by atoms with Crippen molar-refractivity contribution >= 4 is 32.6 Å². The molecular formula is C18H16N2O6S. The molecule has 0 aliphatic heterocycles. The van der Waals surface area contributed by atoms with Crippen molar-refractivity contribution in [2.45, 2.75) is 25.2 Å². The molecule has 27 heavy (non-hydrogen) atoms. The van der Waals surface area contributed by atoms with Crippen LogP contribution in [0.4, 0.5) is 5.69 Å². The monoisotopic (exact) mass is 388 g/mol. The average Bonchev–Trinajstić information content (AvgIpc) is 3.00. The molecule has 3 rings (SSSR count). The minimum absolute atomic E-state index is 0.0452. The number of nitro groups is 1. The van der Waals surface area contributed by atoms with Crippen LogP contribution in [0.1, 0.15) is 18.9 Å². The normalized spacial score (nSPS) is 11.5. The molecule has 0 saturated carbocycles. The van der Waals surface area contributed by atoms with Gasteiger partial charge in [-0.25, -0.2) is 12.4 Å². The highest BCUT2D eigenvalue weighted by atomic mass is 32.2. The van der Waals surface area contributed by atoms with Gasteiger partial charge in [0.2, 0.25) is 0 Å². The Balaban J connectivity index is 2.25. The number of aromatic nitrogens is 1. The molecule has 0 unspecified atom stereocenters. The quantitative estimate of drug-likeness (QED) is 0.376. The topological polar surface area (TPSA) is 109 Å². The van der Waals surface area contributed by atoms with Gasteiger partial charge in [-0.05, 0) is 25.1 Å². The van der Waals surface area contributed by atoms with Gasteiger partial charge in [0, 0.05) is 18.6 Å². The Morgan fingerprint density at radius 1 is 1.19 bits per heavy atom. The van der Waals surface area contributed by atoms with E-state index in [2.05, 4.69) is 0 Å². The summed E-state index contributed by atoms with van der Waals surface area (Å²) in [4.78, 5) is 22.2. The van der Waals surface area contributed by atoms with Crippen LogP contribution in [-0.4, -0.2) is 23.3 Å². The minimum Gasteiger partial charge on any atom is -0.424 e. The summed E-state index contributed by atoms with van der Waals surface area (Å²) in [6.07, 6.45) is 1.24. The van der Waals surface area contributed by atoms with Crippen LogP contribution in [0.25, 0.3) is 10.9 Å². The number of ether oxygens (including phenoxy) is 1. The SMILES string of the molecule is CCC(=O)Oc1cn(S(=O)(=O)c2ccc(C)cc2)c2ccc([N+](=O)[O-])cc12. The van der Waals surface area contributed by atoms with Crippen LogP contribution in [0.5, 0.6) is 5.75 Å². The number of nitrogens with zero attached hydrogens (tertiary/aromatic N) is 2. The van der Waals surface area contributed by atoms with Gasteiger partial charge in [-0.15, -0.1) is 0 Å². The van der Waals surface area contributed by atoms with Crippen LogP contribution in [0.15, 0.2) is 53.6 Å². The number of hydrogen-bond donors (Lipinski definition) is 0. The number of carbonyl (C=O) groups excluding carboxylic acids is 1. The predicted molar refractivity (Wildman–Crippen MR) is 98.3 cm³/mol. The first kappa shape index (κ1) is 18.6. The van der Waals surface area contributed by atoms with E-state index in [1.54, 1.807) is 19.1 Å². The first-order valence-corrected chi connectivity index (χ1v) is 9.50. The number of non-ortho nitro benzene ring substituents is 1. The smallest absolute Gasteiger partial charge is 0.310 e. The molecule has 0 fully saturated rings. The van der Waals surface area contributed by atoms with Crippen molar-refractivity contribution in [3.63, 3.8) is 0 Å². The van der Waals surface area contributed by atoms with Crippen LogP contribution in [0, 0.1) is 17.0 Å². The van der Waals surface area contributed by atoms with Crippen LogP contribution in [-0.2, 0) is 14.8 Å². The Morgan fingerprint density at radius 2 is 1.85 bits per heavy atom. The number of hydrogen-bond acceptors (Lipinski definition) is 6. The lowest BCUT2D eigenvalue weighted by Crippen LogP contribution is -2.12. The summed E-state index contributed by atoms with van der Waals surface area (Å²) in [6, 6.07) is 9.99. The zero-order chi connectivity index (χ0) is 19.8. The Kier molecular flexibility index (Phi) is 4.71. The highest BCUT2D eigenvalue weighted by Crippen LogP contribution is 2.34. The lowest BCUT2D eigenvalue weighted by Gasteiger charge is -2.07. The van der Waals surface area contributed by atoms with E-state index in [1.165, 1.54) is 30.3 Å². The van der Waals surface area contributed by atoms with E-state index in [-0.39, 0.29) is 33.7 Å². The number of fused-ring (bicyclic) bond motifs is 1. The Labute approximate surface area is 155 Å². The molecule has 0 aliphatic carbocycles. The number of nitro benzene ring substituents is 1. The molecule has 1 heterocycles. The summed E-state index contributed by atoms with van der Waals surface area (Å²) in [5.41, 5.74) is 0.848. The van der Waals surface area contributed by atoms with Gasteiger partial charge < -0.3 is 4.74 Å². The summed E-state index contributed by atoms with van der Waals surface area (Å²) in [6.45, 7) is 3.43. The van der Waals surface area contributed by atoms with Crippen molar-refractivity contribution < 1.29 is 22.9 Å². The average molecular weight is 388 g/mol. The Bertz CT molecular complexity index is 1150. The van der Waals surface area contributed by atoms with Crippen LogP contribution in [0.3, 0.4) is 0 Å². The van der Waals surface area contributed by atoms with Gasteiger partial charge in [0.25, 0.3) is 15.7 Å². The molecule has 0 atom stereocenters. The van der Waals surface area contributed by atoms with Gasteiger partial charge in [-0.3, -0.25) is 14.9 Å². The molecule has 0 amide bonds. The number of rotatable bonds is 5. The van der Waals surface area contributed by atoms with Crippen molar-refractivity contribution in [1.29, 1.82) is 0 Å². The van der Waals surface area contributed by atoms with E-state index < -0.39 is 20.9 Å². The highest BCUT2D eigenvalue weighted by molar-refractivity contribution is 7.90. The first-order valence-electron chi connectivity index (χ1n) is 8.06. The zero-order valence-electron chi connectivity index (χ0n) is 14.6. The molecule has 2 aromatic carbocycles.